The van der Waals surface area contributed by atoms with Crippen LogP contribution in [-0.2, 0) is 9.84 Å². The van der Waals surface area contributed by atoms with Gasteiger partial charge in [0.15, 0.2) is 5.82 Å². The quantitative estimate of drug-likeness (QED) is 0.577. The van der Waals surface area contributed by atoms with Crippen molar-refractivity contribution in [2.45, 2.75) is 23.4 Å². The predicted octanol–water partition coefficient (Wildman–Crippen LogP) is 3.27. The van der Waals surface area contributed by atoms with E-state index in [1.54, 1.807) is 18.5 Å². The van der Waals surface area contributed by atoms with Crippen molar-refractivity contribution in [3.63, 3.8) is 0 Å². The number of carbonyl (C=O) groups excluding carboxylic acids is 1. The molecule has 0 unspecified atom stereocenters. The van der Waals surface area contributed by atoms with Crippen LogP contribution in [0.2, 0.25) is 5.02 Å². The number of sulfone groups is 1. The highest BCUT2D eigenvalue weighted by molar-refractivity contribution is 7.92. The second-order valence-corrected chi connectivity index (χ2v) is 8.92. The molecule has 8 nitrogen and oxygen atoms in total. The molecule has 3 rings (SSSR count). The molecule has 1 aromatic carbocycles. The molecule has 2 heterocycles. The van der Waals surface area contributed by atoms with Gasteiger partial charge >= 0.3 is 5.51 Å². The van der Waals surface area contributed by atoms with Gasteiger partial charge in [0.25, 0.3) is 15.7 Å². The highest BCUT2D eigenvalue weighted by atomic mass is 35.5. The summed E-state index contributed by atoms with van der Waals surface area (Å²) in [6.07, 6.45) is 2.82. The SMILES string of the molecule is C[C@@H](NC(=O)c1cc(Cl)cc(S(=O)(=O)C(F)(F)F)c1)c1ncnn1-c1nccs1.S. The zero-order valence-corrected chi connectivity index (χ0v) is 18.3. The number of carbonyl (C=O) groups is 1. The van der Waals surface area contributed by atoms with Crippen molar-refractivity contribution in [3.05, 3.63) is 52.5 Å². The molecule has 15 heteroatoms. The molecule has 30 heavy (non-hydrogen) atoms. The molecule has 0 aliphatic rings. The van der Waals surface area contributed by atoms with E-state index < -0.39 is 32.2 Å². The minimum Gasteiger partial charge on any atom is -0.342 e. The third kappa shape index (κ3) is 4.77. The Bertz CT molecular complexity index is 1150. The number of alkyl halides is 3. The van der Waals surface area contributed by atoms with Crippen molar-refractivity contribution in [2.24, 2.45) is 0 Å². The molecule has 0 fully saturated rings. The average molecular weight is 500 g/mol. The van der Waals surface area contributed by atoms with E-state index in [0.717, 1.165) is 6.07 Å². The number of rotatable bonds is 5. The Hall–Kier alpha value is -2.16. The first-order valence-electron chi connectivity index (χ1n) is 7.73. The van der Waals surface area contributed by atoms with Gasteiger partial charge in [-0.3, -0.25) is 4.79 Å². The molecule has 1 atom stereocenters. The summed E-state index contributed by atoms with van der Waals surface area (Å²) in [5.74, 6) is -0.522. The van der Waals surface area contributed by atoms with Gasteiger partial charge in [-0.05, 0) is 25.1 Å². The molecule has 0 bridgehead atoms. The van der Waals surface area contributed by atoms with Crippen molar-refractivity contribution >= 4 is 52.2 Å². The monoisotopic (exact) mass is 499 g/mol. The second-order valence-electron chi connectivity index (χ2n) is 5.66. The standard InChI is InChI=1S/C15H11ClF3N5O3S2.H2S/c1-8(12-21-7-22-24(12)14-20-2-3-28-14)23-13(25)9-4-10(16)6-11(5-9)29(26,27)15(17,18)19;/h2-8H,1H3,(H,23,25);1H2/t8-;/m1./s1. The molecule has 1 N–H and O–H groups in total. The van der Waals surface area contributed by atoms with E-state index in [-0.39, 0.29) is 24.1 Å². The second kappa shape index (κ2) is 8.91. The zero-order valence-electron chi connectivity index (χ0n) is 14.9. The number of nitrogens with one attached hydrogen (secondary N) is 1. The van der Waals surface area contributed by atoms with Gasteiger partial charge in [-0.15, -0.1) is 11.3 Å². The molecular formula is C15H13ClF3N5O3S3. The Morgan fingerprint density at radius 1 is 1.27 bits per heavy atom. The molecule has 0 saturated heterocycles. The lowest BCUT2D eigenvalue weighted by atomic mass is 10.2. The van der Waals surface area contributed by atoms with Crippen LogP contribution in [0.1, 0.15) is 29.1 Å². The molecule has 0 saturated carbocycles. The summed E-state index contributed by atoms with van der Waals surface area (Å²) in [4.78, 5) is 19.5. The number of aromatic nitrogens is 4. The lowest BCUT2D eigenvalue weighted by Gasteiger charge is -2.15. The maximum atomic E-state index is 12.8. The largest absolute Gasteiger partial charge is 0.501 e. The van der Waals surface area contributed by atoms with Crippen LogP contribution in [0, 0.1) is 0 Å². The van der Waals surface area contributed by atoms with E-state index in [2.05, 4.69) is 20.4 Å². The van der Waals surface area contributed by atoms with Gasteiger partial charge in [0, 0.05) is 22.2 Å². The average Bonchev–Trinajstić information content (AvgIpc) is 3.31. The van der Waals surface area contributed by atoms with E-state index in [0.29, 0.717) is 23.1 Å². The molecule has 1 amide bonds. The van der Waals surface area contributed by atoms with Crippen molar-refractivity contribution in [1.82, 2.24) is 25.1 Å². The minimum absolute atomic E-state index is 0. The maximum Gasteiger partial charge on any atom is 0.501 e. The van der Waals surface area contributed by atoms with Crippen LogP contribution in [-0.4, -0.2) is 39.6 Å². The number of hydrogen-bond acceptors (Lipinski definition) is 7. The predicted molar refractivity (Wildman–Crippen MR) is 108 cm³/mol. The Labute approximate surface area is 184 Å². The van der Waals surface area contributed by atoms with Crippen LogP contribution in [0.4, 0.5) is 13.2 Å². The van der Waals surface area contributed by atoms with Gasteiger partial charge in [0.05, 0.1) is 10.9 Å². The maximum absolute atomic E-state index is 12.8. The molecule has 0 aliphatic carbocycles. The zero-order chi connectivity index (χ0) is 21.4. The molecule has 162 valence electrons. The number of benzene rings is 1. The van der Waals surface area contributed by atoms with Gasteiger partial charge in [0.1, 0.15) is 6.33 Å². The summed E-state index contributed by atoms with van der Waals surface area (Å²) in [5.41, 5.74) is -5.88. The van der Waals surface area contributed by atoms with E-state index in [1.807, 2.05) is 0 Å². The summed E-state index contributed by atoms with van der Waals surface area (Å²) < 4.78 is 63.1. The van der Waals surface area contributed by atoms with Crippen molar-refractivity contribution in [3.8, 4) is 5.13 Å². The number of amides is 1. The molecule has 0 spiro atoms. The topological polar surface area (TPSA) is 107 Å². The summed E-state index contributed by atoms with van der Waals surface area (Å²) >= 11 is 7.02. The van der Waals surface area contributed by atoms with Gasteiger partial charge in [0.2, 0.25) is 5.13 Å². The summed E-state index contributed by atoms with van der Waals surface area (Å²) in [6.45, 7) is 1.57. The van der Waals surface area contributed by atoms with Crippen LogP contribution < -0.4 is 5.32 Å². The highest BCUT2D eigenvalue weighted by Gasteiger charge is 2.47. The molecule has 3 aromatic rings. The number of hydrogen-bond donors (Lipinski definition) is 1. The Balaban J connectivity index is 0.00000320. The molecule has 0 radical (unpaired) electrons. The fourth-order valence-corrected chi connectivity index (χ4v) is 4.08. The first-order valence-corrected chi connectivity index (χ1v) is 10.5. The lowest BCUT2D eigenvalue weighted by molar-refractivity contribution is -0.0436. The van der Waals surface area contributed by atoms with Gasteiger partial charge in [-0.25, -0.2) is 18.4 Å². The van der Waals surface area contributed by atoms with E-state index >= 15 is 0 Å². The van der Waals surface area contributed by atoms with Crippen LogP contribution in [0.25, 0.3) is 5.13 Å². The smallest absolute Gasteiger partial charge is 0.342 e. The lowest BCUT2D eigenvalue weighted by Crippen LogP contribution is -2.29. The molecular weight excluding hydrogens is 487 g/mol. The Morgan fingerprint density at radius 3 is 2.57 bits per heavy atom. The fourth-order valence-electron chi connectivity index (χ4n) is 2.34. The van der Waals surface area contributed by atoms with E-state index in [4.69, 9.17) is 11.6 Å². The van der Waals surface area contributed by atoms with E-state index in [1.165, 1.54) is 22.3 Å². The van der Waals surface area contributed by atoms with Crippen molar-refractivity contribution in [2.75, 3.05) is 0 Å². The third-order valence-electron chi connectivity index (χ3n) is 3.66. The first kappa shape index (κ1) is 24.1. The van der Waals surface area contributed by atoms with Gasteiger partial charge < -0.3 is 5.32 Å². The van der Waals surface area contributed by atoms with Crippen LogP contribution in [0.3, 0.4) is 0 Å². The Kier molecular flexibility index (Phi) is 7.16. The van der Waals surface area contributed by atoms with Crippen LogP contribution >= 0.6 is 36.4 Å². The van der Waals surface area contributed by atoms with Crippen molar-refractivity contribution in [1.29, 1.82) is 0 Å². The fraction of sp³-hybridized carbons (Fsp3) is 0.200. The molecule has 0 aliphatic heterocycles. The van der Waals surface area contributed by atoms with E-state index in [9.17, 15) is 26.4 Å². The Morgan fingerprint density at radius 2 is 1.97 bits per heavy atom. The summed E-state index contributed by atoms with van der Waals surface area (Å²) in [7, 11) is -5.66. The van der Waals surface area contributed by atoms with Crippen LogP contribution in [0.15, 0.2) is 41.0 Å². The first-order chi connectivity index (χ1) is 13.5. The summed E-state index contributed by atoms with van der Waals surface area (Å²) in [6, 6.07) is 1.58. The number of nitrogens with zero attached hydrogens (tertiary/aromatic N) is 4. The number of halogens is 4. The number of thiazole rings is 1. The van der Waals surface area contributed by atoms with Crippen LogP contribution in [0.5, 0.6) is 0 Å². The molecule has 2 aromatic heterocycles. The third-order valence-corrected chi connectivity index (χ3v) is 6.09. The van der Waals surface area contributed by atoms with Crippen molar-refractivity contribution < 1.29 is 26.4 Å². The normalized spacial score (nSPS) is 12.8. The summed E-state index contributed by atoms with van der Waals surface area (Å²) in [5, 5.41) is 8.44. The highest BCUT2D eigenvalue weighted by Crippen LogP contribution is 2.32. The van der Waals surface area contributed by atoms with Gasteiger partial charge in [-0.2, -0.15) is 36.4 Å². The van der Waals surface area contributed by atoms with Gasteiger partial charge in [-0.1, -0.05) is 11.6 Å². The minimum atomic E-state index is -5.66.